The Balaban J connectivity index is 1.57. The van der Waals surface area contributed by atoms with E-state index in [9.17, 15) is 14.0 Å². The number of para-hydroxylation sites is 2. The minimum atomic E-state index is -0.468. The van der Waals surface area contributed by atoms with Crippen LogP contribution in [0.3, 0.4) is 0 Å². The van der Waals surface area contributed by atoms with Gasteiger partial charge in [-0.15, -0.1) is 11.3 Å². The zero-order valence-electron chi connectivity index (χ0n) is 19.6. The number of likely N-dealkylation sites (N-methyl/N-ethyl adjacent to an activating group) is 1. The van der Waals surface area contributed by atoms with Crippen LogP contribution in [0.5, 0.6) is 5.75 Å². The average molecular weight is 514 g/mol. The number of hydrogen-bond donors (Lipinski definition) is 1. The molecule has 10 heteroatoms. The van der Waals surface area contributed by atoms with Gasteiger partial charge in [0.2, 0.25) is 4.80 Å². The lowest BCUT2D eigenvalue weighted by molar-refractivity contribution is -0.118. The first kappa shape index (κ1) is 22.9. The number of nitrogens with one attached hydrogen (secondary N) is 1. The van der Waals surface area contributed by atoms with Crippen LogP contribution in [0.2, 0.25) is 0 Å². The maximum atomic E-state index is 14.5. The summed E-state index contributed by atoms with van der Waals surface area (Å²) in [6.07, 6.45) is 0. The van der Waals surface area contributed by atoms with E-state index in [0.717, 1.165) is 5.69 Å². The Kier molecular flexibility index (Phi) is 5.65. The predicted octanol–water partition coefficient (Wildman–Crippen LogP) is 4.54. The third-order valence-corrected chi connectivity index (χ3v) is 6.89. The fraction of sp³-hybridized carbons (Fsp3) is 0.111. The molecule has 4 aromatic rings. The fourth-order valence-electron chi connectivity index (χ4n) is 4.33. The van der Waals surface area contributed by atoms with E-state index in [4.69, 9.17) is 9.84 Å². The third kappa shape index (κ3) is 4.01. The number of carbonyl (C=O) groups is 2. The van der Waals surface area contributed by atoms with Crippen LogP contribution < -0.4 is 19.8 Å². The van der Waals surface area contributed by atoms with Gasteiger partial charge in [-0.1, -0.05) is 30.3 Å². The Morgan fingerprint density at radius 1 is 1.08 bits per heavy atom. The monoisotopic (exact) mass is 513 g/mol. The molecule has 0 bridgehead atoms. The second kappa shape index (κ2) is 9.14. The highest BCUT2D eigenvalue weighted by atomic mass is 32.1. The van der Waals surface area contributed by atoms with Gasteiger partial charge in [0, 0.05) is 23.1 Å². The van der Waals surface area contributed by atoms with E-state index >= 15 is 0 Å². The minimum Gasteiger partial charge on any atom is -0.482 e. The van der Waals surface area contributed by atoms with Crippen molar-refractivity contribution >= 4 is 45.9 Å². The van der Waals surface area contributed by atoms with Crippen LogP contribution in [0.25, 0.3) is 11.3 Å². The van der Waals surface area contributed by atoms with Crippen molar-refractivity contribution in [3.8, 4) is 17.0 Å². The van der Waals surface area contributed by atoms with Gasteiger partial charge >= 0.3 is 0 Å². The van der Waals surface area contributed by atoms with Crippen molar-refractivity contribution in [1.82, 2.24) is 4.68 Å². The second-order valence-corrected chi connectivity index (χ2v) is 9.18. The summed E-state index contributed by atoms with van der Waals surface area (Å²) in [6, 6.07) is 19.1. The third-order valence-electron chi connectivity index (χ3n) is 6.08. The van der Waals surface area contributed by atoms with E-state index in [1.54, 1.807) is 39.9 Å². The van der Waals surface area contributed by atoms with Gasteiger partial charge in [-0.3, -0.25) is 9.59 Å². The normalized spacial score (nSPS) is 16.0. The first-order chi connectivity index (χ1) is 18.0. The molecule has 0 aliphatic carbocycles. The molecule has 6 rings (SSSR count). The minimum absolute atomic E-state index is 0.0421. The van der Waals surface area contributed by atoms with Gasteiger partial charge < -0.3 is 15.0 Å². The van der Waals surface area contributed by atoms with Crippen LogP contribution in [0.4, 0.5) is 21.5 Å². The molecule has 8 nitrogen and oxygen atoms in total. The molecule has 3 aromatic carbocycles. The maximum absolute atomic E-state index is 14.5. The van der Waals surface area contributed by atoms with Gasteiger partial charge in [0.15, 0.2) is 12.3 Å². The molecule has 0 radical (unpaired) electrons. The van der Waals surface area contributed by atoms with Crippen LogP contribution >= 0.6 is 11.3 Å². The average Bonchev–Trinajstić information content (AvgIpc) is 3.42. The van der Waals surface area contributed by atoms with E-state index in [2.05, 4.69) is 10.3 Å². The standard InChI is InChI=1S/C27H20FN5O3S/c1-2-32-21-10-6-3-7-17(21)25(26(32)35)31-33-22(15-37-27(33)30-19-9-5-4-8-18(19)28)16-11-12-23-20(13-16)29-24(34)14-36-23/h3-13,15H,2,14H2,1H3,(H,29,34). The number of fused-ring (bicyclic) bond motifs is 2. The zero-order valence-corrected chi connectivity index (χ0v) is 20.5. The molecule has 0 unspecified atom stereocenters. The number of ether oxygens (including phenoxy) is 1. The van der Waals surface area contributed by atoms with Crippen molar-refractivity contribution < 1.29 is 18.7 Å². The topological polar surface area (TPSA) is 88.3 Å². The Hall–Kier alpha value is -4.57. The van der Waals surface area contributed by atoms with Crippen molar-refractivity contribution in [1.29, 1.82) is 0 Å². The van der Waals surface area contributed by atoms with E-state index in [1.165, 1.54) is 17.4 Å². The molecular formula is C27H20FN5O3S. The smallest absolute Gasteiger partial charge is 0.279 e. The molecular weight excluding hydrogens is 493 g/mol. The molecule has 1 N–H and O–H groups in total. The first-order valence-electron chi connectivity index (χ1n) is 11.6. The zero-order chi connectivity index (χ0) is 25.5. The summed E-state index contributed by atoms with van der Waals surface area (Å²) in [5.41, 5.74) is 3.79. The van der Waals surface area contributed by atoms with E-state index in [0.29, 0.717) is 39.6 Å². The van der Waals surface area contributed by atoms with Gasteiger partial charge in [-0.2, -0.15) is 5.10 Å². The van der Waals surface area contributed by atoms with Crippen LogP contribution in [0.1, 0.15) is 12.5 Å². The summed E-state index contributed by atoms with van der Waals surface area (Å²) in [6.45, 7) is 2.36. The number of thiazole rings is 1. The number of amides is 2. The quantitative estimate of drug-likeness (QED) is 0.435. The Morgan fingerprint density at radius 2 is 1.89 bits per heavy atom. The van der Waals surface area contributed by atoms with Gasteiger partial charge in [0.1, 0.15) is 17.3 Å². The number of carbonyl (C=O) groups excluding carboxylic acids is 2. The predicted molar refractivity (Wildman–Crippen MR) is 140 cm³/mol. The lowest BCUT2D eigenvalue weighted by Gasteiger charge is -2.18. The van der Waals surface area contributed by atoms with Gasteiger partial charge in [-0.05, 0) is 43.3 Å². The van der Waals surface area contributed by atoms with Crippen LogP contribution in [-0.4, -0.2) is 35.4 Å². The van der Waals surface area contributed by atoms with Gasteiger partial charge in [-0.25, -0.2) is 14.1 Å². The Morgan fingerprint density at radius 3 is 2.73 bits per heavy atom. The van der Waals surface area contributed by atoms with Crippen LogP contribution in [0, 0.1) is 5.82 Å². The molecule has 0 fully saturated rings. The van der Waals surface area contributed by atoms with Crippen molar-refractivity contribution in [2.75, 3.05) is 23.4 Å². The molecule has 0 atom stereocenters. The highest BCUT2D eigenvalue weighted by molar-refractivity contribution is 7.07. The largest absolute Gasteiger partial charge is 0.482 e. The van der Waals surface area contributed by atoms with Crippen molar-refractivity contribution in [2.24, 2.45) is 10.1 Å². The lowest BCUT2D eigenvalue weighted by Crippen LogP contribution is -2.30. The summed E-state index contributed by atoms with van der Waals surface area (Å²) in [5, 5.41) is 9.43. The fourth-order valence-corrected chi connectivity index (χ4v) is 5.18. The second-order valence-electron chi connectivity index (χ2n) is 8.34. The molecule has 2 amide bonds. The van der Waals surface area contributed by atoms with Crippen LogP contribution in [-0.2, 0) is 9.59 Å². The highest BCUT2D eigenvalue weighted by Gasteiger charge is 2.33. The maximum Gasteiger partial charge on any atom is 0.279 e. The molecule has 0 saturated heterocycles. The number of rotatable bonds is 4. The van der Waals surface area contributed by atoms with Crippen molar-refractivity contribution in [2.45, 2.75) is 6.92 Å². The Bertz CT molecular complexity index is 1670. The summed E-state index contributed by atoms with van der Waals surface area (Å²) in [4.78, 5) is 31.8. The van der Waals surface area contributed by atoms with Crippen molar-refractivity contribution in [3.05, 3.63) is 88.3 Å². The lowest BCUT2D eigenvalue weighted by atomic mass is 10.1. The molecule has 3 heterocycles. The number of halogens is 1. The molecule has 1 aromatic heterocycles. The number of aromatic nitrogens is 1. The van der Waals surface area contributed by atoms with E-state index in [-0.39, 0.29) is 29.8 Å². The molecule has 2 aliphatic rings. The van der Waals surface area contributed by atoms with Gasteiger partial charge in [0.25, 0.3) is 11.8 Å². The molecule has 0 saturated carbocycles. The molecule has 0 spiro atoms. The number of benzene rings is 3. The number of hydrogen-bond acceptors (Lipinski definition) is 6. The van der Waals surface area contributed by atoms with Crippen molar-refractivity contribution in [3.63, 3.8) is 0 Å². The molecule has 37 heavy (non-hydrogen) atoms. The number of nitrogens with zero attached hydrogens (tertiary/aromatic N) is 4. The molecule has 2 aliphatic heterocycles. The van der Waals surface area contributed by atoms with E-state index in [1.807, 2.05) is 42.6 Å². The summed E-state index contributed by atoms with van der Waals surface area (Å²) in [7, 11) is 0. The molecule has 184 valence electrons. The number of anilines is 2. The Labute approximate surface area is 215 Å². The summed E-state index contributed by atoms with van der Waals surface area (Å²) >= 11 is 1.26. The summed E-state index contributed by atoms with van der Waals surface area (Å²) in [5.74, 6) is -0.376. The van der Waals surface area contributed by atoms with E-state index < -0.39 is 5.82 Å². The SMILES string of the molecule is CCN1C(=O)C(=Nn2c(-c3ccc4c(c3)NC(=O)CO4)csc2=Nc2ccccc2F)c2ccccc21. The summed E-state index contributed by atoms with van der Waals surface area (Å²) < 4.78 is 21.5. The van der Waals surface area contributed by atoms with Crippen LogP contribution in [0.15, 0.2) is 82.2 Å². The van der Waals surface area contributed by atoms with Gasteiger partial charge in [0.05, 0.1) is 17.1 Å². The highest BCUT2D eigenvalue weighted by Crippen LogP contribution is 2.34. The first-order valence-corrected chi connectivity index (χ1v) is 12.5.